The number of hydrogen-bond donors (Lipinski definition) is 1. The van der Waals surface area contributed by atoms with Crippen LogP contribution in [-0.4, -0.2) is 28.5 Å². The number of ether oxygens (including phenoxy) is 1. The number of amides is 1. The molecule has 1 amide bonds. The molecular formula is C21H23N3O3S. The highest BCUT2D eigenvalue weighted by Crippen LogP contribution is 2.27. The van der Waals surface area contributed by atoms with E-state index in [0.717, 1.165) is 22.4 Å². The molecule has 0 saturated carbocycles. The van der Waals surface area contributed by atoms with E-state index in [2.05, 4.69) is 22.4 Å². The standard InChI is InChI=1S/C21H23N3O3S/c1-13-9-10-16(11-14(13)2)20-23-24-21(27-20)28-15(3)19(25)22-12-17-7-5-6-8-18(17)26-4/h5-11,15H,12H2,1-4H3,(H,22,25)/t15-/m0/s1. The van der Waals surface area contributed by atoms with Crippen molar-refractivity contribution in [3.8, 4) is 17.2 Å². The number of nitrogens with one attached hydrogen (secondary N) is 1. The number of nitrogens with zero attached hydrogens (tertiary/aromatic N) is 2. The number of methoxy groups -OCH3 is 1. The van der Waals surface area contributed by atoms with Crippen LogP contribution in [-0.2, 0) is 11.3 Å². The van der Waals surface area contributed by atoms with Gasteiger partial charge in [0.2, 0.25) is 11.8 Å². The van der Waals surface area contributed by atoms with Crippen molar-refractivity contribution in [3.05, 3.63) is 59.2 Å². The maximum atomic E-state index is 12.4. The molecule has 0 radical (unpaired) electrons. The highest BCUT2D eigenvalue weighted by Gasteiger charge is 2.19. The van der Waals surface area contributed by atoms with E-state index in [4.69, 9.17) is 9.15 Å². The SMILES string of the molecule is COc1ccccc1CNC(=O)[C@H](C)Sc1nnc(-c2ccc(C)c(C)c2)o1. The molecule has 0 aliphatic carbocycles. The molecule has 3 aromatic rings. The lowest BCUT2D eigenvalue weighted by Crippen LogP contribution is -2.30. The Morgan fingerprint density at radius 1 is 1.18 bits per heavy atom. The summed E-state index contributed by atoms with van der Waals surface area (Å²) < 4.78 is 11.0. The first-order valence-electron chi connectivity index (χ1n) is 8.95. The Bertz CT molecular complexity index is 971. The van der Waals surface area contributed by atoms with Crippen molar-refractivity contribution in [2.75, 3.05) is 7.11 Å². The van der Waals surface area contributed by atoms with Crippen LogP contribution in [0.15, 0.2) is 52.1 Å². The second-order valence-electron chi connectivity index (χ2n) is 6.46. The number of carbonyl (C=O) groups excluding carboxylic acids is 1. The largest absolute Gasteiger partial charge is 0.496 e. The number of para-hydroxylation sites is 1. The van der Waals surface area contributed by atoms with Crippen LogP contribution in [0.1, 0.15) is 23.6 Å². The molecule has 146 valence electrons. The molecule has 2 aromatic carbocycles. The Kier molecular flexibility index (Phi) is 6.36. The van der Waals surface area contributed by atoms with Gasteiger partial charge in [0.15, 0.2) is 0 Å². The van der Waals surface area contributed by atoms with Gasteiger partial charge in [-0.1, -0.05) is 36.0 Å². The number of thioether (sulfide) groups is 1. The van der Waals surface area contributed by atoms with E-state index in [1.165, 1.54) is 17.3 Å². The monoisotopic (exact) mass is 397 g/mol. The van der Waals surface area contributed by atoms with Crippen molar-refractivity contribution in [2.24, 2.45) is 0 Å². The van der Waals surface area contributed by atoms with Crippen molar-refractivity contribution < 1.29 is 13.9 Å². The number of carbonyl (C=O) groups is 1. The third kappa shape index (κ3) is 4.72. The number of rotatable bonds is 7. The maximum Gasteiger partial charge on any atom is 0.277 e. The average molecular weight is 398 g/mol. The van der Waals surface area contributed by atoms with Gasteiger partial charge in [-0.2, -0.15) is 0 Å². The lowest BCUT2D eigenvalue weighted by atomic mass is 10.1. The van der Waals surface area contributed by atoms with Gasteiger partial charge in [-0.15, -0.1) is 10.2 Å². The molecule has 7 heteroatoms. The van der Waals surface area contributed by atoms with Crippen LogP contribution in [0.25, 0.3) is 11.5 Å². The molecule has 0 saturated heterocycles. The average Bonchev–Trinajstić information content (AvgIpc) is 3.16. The zero-order valence-corrected chi connectivity index (χ0v) is 17.2. The molecule has 0 aliphatic heterocycles. The lowest BCUT2D eigenvalue weighted by molar-refractivity contribution is -0.120. The zero-order chi connectivity index (χ0) is 20.1. The Morgan fingerprint density at radius 2 is 1.96 bits per heavy atom. The molecule has 6 nitrogen and oxygen atoms in total. The van der Waals surface area contributed by atoms with Crippen LogP contribution in [0.4, 0.5) is 0 Å². The summed E-state index contributed by atoms with van der Waals surface area (Å²) in [6, 6.07) is 13.6. The van der Waals surface area contributed by atoms with E-state index in [1.807, 2.05) is 56.3 Å². The third-order valence-corrected chi connectivity index (χ3v) is 5.39. The van der Waals surface area contributed by atoms with E-state index in [-0.39, 0.29) is 11.2 Å². The van der Waals surface area contributed by atoms with Gasteiger partial charge in [0.05, 0.1) is 12.4 Å². The quantitative estimate of drug-likeness (QED) is 0.603. The molecular weight excluding hydrogens is 374 g/mol. The van der Waals surface area contributed by atoms with Crippen LogP contribution < -0.4 is 10.1 Å². The summed E-state index contributed by atoms with van der Waals surface area (Å²) >= 11 is 1.24. The Labute approximate surface area is 168 Å². The lowest BCUT2D eigenvalue weighted by Gasteiger charge is -2.12. The minimum atomic E-state index is -0.372. The second kappa shape index (κ2) is 8.93. The smallest absolute Gasteiger partial charge is 0.277 e. The number of aryl methyl sites for hydroxylation is 2. The van der Waals surface area contributed by atoms with Crippen LogP contribution in [0, 0.1) is 13.8 Å². The van der Waals surface area contributed by atoms with Crippen LogP contribution in [0.2, 0.25) is 0 Å². The first kappa shape index (κ1) is 19.9. The van der Waals surface area contributed by atoms with Gasteiger partial charge in [0.25, 0.3) is 5.22 Å². The van der Waals surface area contributed by atoms with Crippen LogP contribution in [0.3, 0.4) is 0 Å². The fraction of sp³-hybridized carbons (Fsp3) is 0.286. The molecule has 1 heterocycles. The number of benzene rings is 2. The highest BCUT2D eigenvalue weighted by molar-refractivity contribution is 8.00. The van der Waals surface area contributed by atoms with Gasteiger partial charge in [0, 0.05) is 17.7 Å². The summed E-state index contributed by atoms with van der Waals surface area (Å²) in [5.74, 6) is 1.09. The zero-order valence-electron chi connectivity index (χ0n) is 16.4. The molecule has 0 bridgehead atoms. The minimum absolute atomic E-state index is 0.109. The predicted molar refractivity (Wildman–Crippen MR) is 109 cm³/mol. The van der Waals surface area contributed by atoms with Gasteiger partial charge < -0.3 is 14.5 Å². The highest BCUT2D eigenvalue weighted by atomic mass is 32.2. The van der Waals surface area contributed by atoms with E-state index < -0.39 is 0 Å². The minimum Gasteiger partial charge on any atom is -0.496 e. The number of aromatic nitrogens is 2. The van der Waals surface area contributed by atoms with E-state index >= 15 is 0 Å². The molecule has 1 N–H and O–H groups in total. The molecule has 0 spiro atoms. The summed E-state index contributed by atoms with van der Waals surface area (Å²) in [5.41, 5.74) is 4.16. The Balaban J connectivity index is 1.60. The summed E-state index contributed by atoms with van der Waals surface area (Å²) in [6.45, 7) is 6.30. The van der Waals surface area contributed by atoms with E-state index in [0.29, 0.717) is 17.7 Å². The molecule has 28 heavy (non-hydrogen) atoms. The molecule has 0 aliphatic rings. The first-order valence-corrected chi connectivity index (χ1v) is 9.83. The molecule has 1 atom stereocenters. The van der Waals surface area contributed by atoms with Gasteiger partial charge >= 0.3 is 0 Å². The third-order valence-electron chi connectivity index (χ3n) is 4.45. The second-order valence-corrected chi connectivity index (χ2v) is 7.75. The molecule has 1 aromatic heterocycles. The summed E-state index contributed by atoms with van der Waals surface area (Å²) in [4.78, 5) is 12.4. The van der Waals surface area contributed by atoms with Gasteiger partial charge in [-0.3, -0.25) is 4.79 Å². The summed E-state index contributed by atoms with van der Waals surface area (Å²) in [5, 5.41) is 11.1. The fourth-order valence-corrected chi connectivity index (χ4v) is 3.34. The van der Waals surface area contributed by atoms with Crippen molar-refractivity contribution in [1.29, 1.82) is 0 Å². The molecule has 0 fully saturated rings. The van der Waals surface area contributed by atoms with Crippen molar-refractivity contribution in [3.63, 3.8) is 0 Å². The van der Waals surface area contributed by atoms with Crippen LogP contribution >= 0.6 is 11.8 Å². The van der Waals surface area contributed by atoms with E-state index in [9.17, 15) is 4.79 Å². The first-order chi connectivity index (χ1) is 13.5. The summed E-state index contributed by atoms with van der Waals surface area (Å²) in [7, 11) is 1.61. The van der Waals surface area contributed by atoms with Crippen LogP contribution in [0.5, 0.6) is 5.75 Å². The topological polar surface area (TPSA) is 77.2 Å². The fourth-order valence-electron chi connectivity index (χ4n) is 2.63. The van der Waals surface area contributed by atoms with Gasteiger partial charge in [-0.05, 0) is 50.1 Å². The van der Waals surface area contributed by atoms with Crippen molar-refractivity contribution >= 4 is 17.7 Å². The van der Waals surface area contributed by atoms with Gasteiger partial charge in [-0.25, -0.2) is 0 Å². The predicted octanol–water partition coefficient (Wildman–Crippen LogP) is 4.16. The molecule has 3 rings (SSSR count). The molecule has 0 unspecified atom stereocenters. The number of hydrogen-bond acceptors (Lipinski definition) is 6. The van der Waals surface area contributed by atoms with E-state index in [1.54, 1.807) is 7.11 Å². The Morgan fingerprint density at radius 3 is 2.71 bits per heavy atom. The summed E-state index contributed by atoms with van der Waals surface area (Å²) in [6.07, 6.45) is 0. The maximum absolute atomic E-state index is 12.4. The van der Waals surface area contributed by atoms with Crippen molar-refractivity contribution in [1.82, 2.24) is 15.5 Å². The van der Waals surface area contributed by atoms with Crippen molar-refractivity contribution in [2.45, 2.75) is 37.8 Å². The normalized spacial score (nSPS) is 11.9. The Hall–Kier alpha value is -2.80. The van der Waals surface area contributed by atoms with Gasteiger partial charge in [0.1, 0.15) is 5.75 Å².